The van der Waals surface area contributed by atoms with Crippen molar-refractivity contribution in [2.45, 2.75) is 46.1 Å². The highest BCUT2D eigenvalue weighted by Crippen LogP contribution is 2.30. The predicted molar refractivity (Wildman–Crippen MR) is 60.9 cm³/mol. The van der Waals surface area contributed by atoms with Crippen molar-refractivity contribution in [2.24, 2.45) is 5.92 Å². The number of ether oxygens (including phenoxy) is 1. The summed E-state index contributed by atoms with van der Waals surface area (Å²) >= 11 is 0. The van der Waals surface area contributed by atoms with Crippen molar-refractivity contribution in [3.63, 3.8) is 0 Å². The molecule has 88 valence electrons. The van der Waals surface area contributed by atoms with Crippen LogP contribution in [0.3, 0.4) is 0 Å². The molecule has 0 aliphatic heterocycles. The molecule has 1 N–H and O–H groups in total. The molecule has 0 rings (SSSR count). The summed E-state index contributed by atoms with van der Waals surface area (Å²) < 4.78 is 5.50. The standard InChI is InChI=1S/C12H22O3/c1-5-9-10(6-2)12(7-3,11(13)14)15-8-4/h5,9-10H,6-8H2,1-4H3,(H,13,14). The summed E-state index contributed by atoms with van der Waals surface area (Å²) in [5, 5.41) is 9.32. The van der Waals surface area contributed by atoms with Crippen LogP contribution in [0.25, 0.3) is 0 Å². The first-order chi connectivity index (χ1) is 7.08. The van der Waals surface area contributed by atoms with Gasteiger partial charge < -0.3 is 9.84 Å². The topological polar surface area (TPSA) is 46.5 Å². The normalized spacial score (nSPS) is 17.6. The number of carbonyl (C=O) groups is 1. The molecule has 0 aliphatic carbocycles. The Kier molecular flexibility index (Phi) is 6.25. The van der Waals surface area contributed by atoms with E-state index in [0.717, 1.165) is 6.42 Å². The maximum absolute atomic E-state index is 11.4. The summed E-state index contributed by atoms with van der Waals surface area (Å²) in [5.41, 5.74) is -1.06. The second-order valence-electron chi connectivity index (χ2n) is 3.52. The van der Waals surface area contributed by atoms with E-state index in [1.54, 1.807) is 0 Å². The van der Waals surface area contributed by atoms with Crippen molar-refractivity contribution in [2.75, 3.05) is 6.61 Å². The van der Waals surface area contributed by atoms with Crippen LogP contribution in [-0.2, 0) is 9.53 Å². The fourth-order valence-corrected chi connectivity index (χ4v) is 1.95. The average Bonchev–Trinajstić information content (AvgIpc) is 2.22. The zero-order chi connectivity index (χ0) is 11.9. The molecule has 0 amide bonds. The van der Waals surface area contributed by atoms with Gasteiger partial charge in [0, 0.05) is 12.5 Å². The van der Waals surface area contributed by atoms with Gasteiger partial charge in [-0.15, -0.1) is 0 Å². The third-order valence-corrected chi connectivity index (χ3v) is 2.75. The number of carboxylic acid groups (broad SMARTS) is 1. The molecule has 0 fully saturated rings. The fourth-order valence-electron chi connectivity index (χ4n) is 1.95. The van der Waals surface area contributed by atoms with E-state index in [4.69, 9.17) is 4.74 Å². The van der Waals surface area contributed by atoms with E-state index >= 15 is 0 Å². The highest BCUT2D eigenvalue weighted by Gasteiger charge is 2.43. The van der Waals surface area contributed by atoms with E-state index in [1.807, 2.05) is 39.8 Å². The zero-order valence-corrected chi connectivity index (χ0v) is 10.1. The molecular formula is C12H22O3. The molecule has 0 saturated heterocycles. The molecule has 0 aromatic rings. The van der Waals surface area contributed by atoms with Gasteiger partial charge in [-0.1, -0.05) is 26.0 Å². The quantitative estimate of drug-likeness (QED) is 0.663. The summed E-state index contributed by atoms with van der Waals surface area (Å²) in [6.45, 7) is 7.99. The van der Waals surface area contributed by atoms with Gasteiger partial charge in [-0.2, -0.15) is 0 Å². The van der Waals surface area contributed by atoms with Gasteiger partial charge in [0.15, 0.2) is 5.60 Å². The van der Waals surface area contributed by atoms with Crippen molar-refractivity contribution in [3.05, 3.63) is 12.2 Å². The predicted octanol–water partition coefficient (Wildman–Crippen LogP) is 2.86. The summed E-state index contributed by atoms with van der Waals surface area (Å²) in [7, 11) is 0. The fraction of sp³-hybridized carbons (Fsp3) is 0.750. The molecule has 0 aliphatic rings. The van der Waals surface area contributed by atoms with E-state index in [2.05, 4.69) is 0 Å². The Bertz CT molecular complexity index is 223. The lowest BCUT2D eigenvalue weighted by atomic mass is 9.82. The summed E-state index contributed by atoms with van der Waals surface area (Å²) in [6, 6.07) is 0. The monoisotopic (exact) mass is 214 g/mol. The molecule has 3 nitrogen and oxygen atoms in total. The second-order valence-corrected chi connectivity index (χ2v) is 3.52. The van der Waals surface area contributed by atoms with Crippen molar-refractivity contribution < 1.29 is 14.6 Å². The van der Waals surface area contributed by atoms with E-state index in [1.165, 1.54) is 0 Å². The Morgan fingerprint density at radius 1 is 1.47 bits per heavy atom. The number of hydrogen-bond acceptors (Lipinski definition) is 2. The molecule has 2 unspecified atom stereocenters. The van der Waals surface area contributed by atoms with E-state index in [-0.39, 0.29) is 5.92 Å². The van der Waals surface area contributed by atoms with Crippen LogP contribution in [0.5, 0.6) is 0 Å². The van der Waals surface area contributed by atoms with Gasteiger partial charge >= 0.3 is 5.97 Å². The van der Waals surface area contributed by atoms with Crippen molar-refractivity contribution in [1.29, 1.82) is 0 Å². The van der Waals surface area contributed by atoms with Crippen LogP contribution in [0.15, 0.2) is 12.2 Å². The van der Waals surface area contributed by atoms with Crippen molar-refractivity contribution >= 4 is 5.97 Å². The molecule has 0 aromatic heterocycles. The van der Waals surface area contributed by atoms with Gasteiger partial charge in [-0.3, -0.25) is 0 Å². The number of aliphatic carboxylic acids is 1. The highest BCUT2D eigenvalue weighted by molar-refractivity contribution is 5.78. The van der Waals surface area contributed by atoms with Crippen LogP contribution in [0.1, 0.15) is 40.5 Å². The van der Waals surface area contributed by atoms with Crippen LogP contribution in [-0.4, -0.2) is 23.3 Å². The first-order valence-electron chi connectivity index (χ1n) is 5.59. The lowest BCUT2D eigenvalue weighted by molar-refractivity contribution is -0.172. The van der Waals surface area contributed by atoms with Crippen LogP contribution in [0.4, 0.5) is 0 Å². The minimum absolute atomic E-state index is 0.0649. The molecule has 0 heterocycles. The molecule has 2 atom stereocenters. The van der Waals surface area contributed by atoms with Gasteiger partial charge in [-0.25, -0.2) is 4.79 Å². The smallest absolute Gasteiger partial charge is 0.336 e. The van der Waals surface area contributed by atoms with E-state index < -0.39 is 11.6 Å². The van der Waals surface area contributed by atoms with Crippen LogP contribution in [0, 0.1) is 5.92 Å². The molecule has 0 radical (unpaired) electrons. The lowest BCUT2D eigenvalue weighted by Gasteiger charge is -2.34. The lowest BCUT2D eigenvalue weighted by Crippen LogP contribution is -2.47. The first-order valence-corrected chi connectivity index (χ1v) is 5.59. The molecule has 0 spiro atoms. The Morgan fingerprint density at radius 2 is 2.07 bits per heavy atom. The second kappa shape index (κ2) is 6.62. The third-order valence-electron chi connectivity index (χ3n) is 2.75. The van der Waals surface area contributed by atoms with Gasteiger partial charge in [0.1, 0.15) is 0 Å². The van der Waals surface area contributed by atoms with Gasteiger partial charge in [0.05, 0.1) is 0 Å². The Labute approximate surface area is 92.1 Å². The summed E-state index contributed by atoms with van der Waals surface area (Å²) in [4.78, 5) is 11.4. The minimum Gasteiger partial charge on any atom is -0.479 e. The first kappa shape index (κ1) is 14.2. The summed E-state index contributed by atoms with van der Waals surface area (Å²) in [6.07, 6.45) is 5.07. The highest BCUT2D eigenvalue weighted by atomic mass is 16.5. The Hall–Kier alpha value is -0.830. The third kappa shape index (κ3) is 3.06. The number of allylic oxidation sites excluding steroid dienone is 1. The largest absolute Gasteiger partial charge is 0.479 e. The molecule has 0 aromatic carbocycles. The number of hydrogen-bond donors (Lipinski definition) is 1. The maximum Gasteiger partial charge on any atom is 0.336 e. The van der Waals surface area contributed by atoms with Crippen molar-refractivity contribution in [3.8, 4) is 0 Å². The van der Waals surface area contributed by atoms with E-state index in [9.17, 15) is 9.90 Å². The van der Waals surface area contributed by atoms with Crippen LogP contribution >= 0.6 is 0 Å². The maximum atomic E-state index is 11.4. The van der Waals surface area contributed by atoms with Gasteiger partial charge in [0.25, 0.3) is 0 Å². The number of rotatable bonds is 7. The molecular weight excluding hydrogens is 192 g/mol. The van der Waals surface area contributed by atoms with Gasteiger partial charge in [0.2, 0.25) is 0 Å². The average molecular weight is 214 g/mol. The van der Waals surface area contributed by atoms with Gasteiger partial charge in [-0.05, 0) is 26.7 Å². The zero-order valence-electron chi connectivity index (χ0n) is 10.1. The SMILES string of the molecule is CC=CC(CC)C(CC)(OCC)C(=O)O. The molecule has 0 saturated carbocycles. The molecule has 3 heteroatoms. The van der Waals surface area contributed by atoms with Crippen molar-refractivity contribution in [1.82, 2.24) is 0 Å². The molecule has 15 heavy (non-hydrogen) atoms. The van der Waals surface area contributed by atoms with E-state index in [0.29, 0.717) is 13.0 Å². The Balaban J connectivity index is 5.09. The number of carboxylic acids is 1. The minimum atomic E-state index is -1.06. The molecule has 0 bridgehead atoms. The van der Waals surface area contributed by atoms with Crippen LogP contribution < -0.4 is 0 Å². The van der Waals surface area contributed by atoms with Crippen LogP contribution in [0.2, 0.25) is 0 Å². The summed E-state index contributed by atoms with van der Waals surface area (Å²) in [5.74, 6) is -0.929. The Morgan fingerprint density at radius 3 is 2.33 bits per heavy atom.